The summed E-state index contributed by atoms with van der Waals surface area (Å²) < 4.78 is 6.54. The van der Waals surface area contributed by atoms with Gasteiger partial charge >= 0.3 is 0 Å². The summed E-state index contributed by atoms with van der Waals surface area (Å²) in [6, 6.07) is 2.29. The quantitative estimate of drug-likeness (QED) is 0.746. The second-order valence-electron chi connectivity index (χ2n) is 4.07. The molecule has 2 aromatic rings. The Morgan fingerprint density at radius 1 is 1.53 bits per heavy atom. The summed E-state index contributed by atoms with van der Waals surface area (Å²) in [5, 5.41) is 2.33. The van der Waals surface area contributed by atoms with E-state index in [4.69, 9.17) is 16.3 Å². The van der Waals surface area contributed by atoms with E-state index in [1.165, 1.54) is 0 Å². The minimum Gasteiger partial charge on any atom is -0.377 e. The van der Waals surface area contributed by atoms with Crippen molar-refractivity contribution in [1.82, 2.24) is 9.97 Å². The van der Waals surface area contributed by atoms with Gasteiger partial charge in [0.25, 0.3) is 0 Å². The summed E-state index contributed by atoms with van der Waals surface area (Å²) in [5.74, 6) is 0.936. The molecular formula is C11H12ClN3OS. The van der Waals surface area contributed by atoms with Gasteiger partial charge in [0.15, 0.2) is 5.82 Å². The van der Waals surface area contributed by atoms with Gasteiger partial charge in [-0.15, -0.1) is 11.3 Å². The molecule has 17 heavy (non-hydrogen) atoms. The van der Waals surface area contributed by atoms with Gasteiger partial charge in [-0.3, -0.25) is 0 Å². The number of thiophene rings is 1. The van der Waals surface area contributed by atoms with Crippen LogP contribution in [0.4, 0.5) is 5.82 Å². The minimum absolute atomic E-state index is 0.310. The first kappa shape index (κ1) is 11.2. The van der Waals surface area contributed by atoms with Crippen molar-refractivity contribution in [1.29, 1.82) is 0 Å². The monoisotopic (exact) mass is 269 g/mol. The van der Waals surface area contributed by atoms with Crippen LogP contribution in [0, 0.1) is 0 Å². The molecular weight excluding hydrogens is 258 g/mol. The van der Waals surface area contributed by atoms with Crippen molar-refractivity contribution in [3.63, 3.8) is 0 Å². The van der Waals surface area contributed by atoms with Gasteiger partial charge in [0, 0.05) is 6.54 Å². The van der Waals surface area contributed by atoms with Crippen molar-refractivity contribution in [2.24, 2.45) is 0 Å². The Balaban J connectivity index is 2.11. The molecule has 1 atom stereocenters. The van der Waals surface area contributed by atoms with Crippen molar-refractivity contribution in [3.05, 3.63) is 16.7 Å². The van der Waals surface area contributed by atoms with Crippen LogP contribution in [-0.4, -0.2) is 35.8 Å². The number of hydrogen-bond donors (Lipinski definition) is 0. The Morgan fingerprint density at radius 3 is 3.24 bits per heavy atom. The highest BCUT2D eigenvalue weighted by Gasteiger charge is 2.23. The lowest BCUT2D eigenvalue weighted by Crippen LogP contribution is -2.44. The van der Waals surface area contributed by atoms with Crippen molar-refractivity contribution in [3.8, 4) is 0 Å². The number of ether oxygens (including phenoxy) is 1. The number of fused-ring (bicyclic) bond motifs is 1. The highest BCUT2D eigenvalue weighted by Crippen LogP contribution is 2.31. The third-order valence-corrected chi connectivity index (χ3v) is 3.97. The molecule has 0 amide bonds. The van der Waals surface area contributed by atoms with Gasteiger partial charge in [0.05, 0.1) is 29.5 Å². The van der Waals surface area contributed by atoms with E-state index in [0.717, 1.165) is 35.8 Å². The second kappa shape index (κ2) is 4.40. The Labute approximate surface area is 108 Å². The molecule has 0 aliphatic carbocycles. The third-order valence-electron chi connectivity index (χ3n) is 2.90. The Kier molecular flexibility index (Phi) is 2.90. The number of morpholine rings is 1. The number of nitrogens with zero attached hydrogens (tertiary/aromatic N) is 3. The summed E-state index contributed by atoms with van der Waals surface area (Å²) in [4.78, 5) is 10.9. The van der Waals surface area contributed by atoms with Crippen LogP contribution in [0.2, 0.25) is 5.28 Å². The molecule has 1 aliphatic rings. The SMILES string of the molecule is CC1COCCN1c1nc(Cl)nc2ccsc12. The van der Waals surface area contributed by atoms with E-state index in [0.29, 0.717) is 11.3 Å². The fourth-order valence-corrected chi connectivity index (χ4v) is 3.06. The first-order chi connectivity index (χ1) is 8.25. The summed E-state index contributed by atoms with van der Waals surface area (Å²) in [6.07, 6.45) is 0. The molecule has 1 aliphatic heterocycles. The zero-order valence-electron chi connectivity index (χ0n) is 9.39. The highest BCUT2D eigenvalue weighted by atomic mass is 35.5. The van der Waals surface area contributed by atoms with E-state index >= 15 is 0 Å². The largest absolute Gasteiger partial charge is 0.377 e. The van der Waals surface area contributed by atoms with Crippen molar-refractivity contribution < 1.29 is 4.74 Å². The second-order valence-corrected chi connectivity index (χ2v) is 5.32. The number of anilines is 1. The maximum Gasteiger partial charge on any atom is 0.224 e. The van der Waals surface area contributed by atoms with Gasteiger partial charge in [-0.05, 0) is 30.0 Å². The normalized spacial score (nSPS) is 21.1. The van der Waals surface area contributed by atoms with Crippen LogP contribution in [0.25, 0.3) is 10.2 Å². The standard InChI is InChI=1S/C11H12ClN3OS/c1-7-6-16-4-3-15(7)10-9-8(2-5-17-9)13-11(12)14-10/h2,5,7H,3-4,6H2,1H3. The van der Waals surface area contributed by atoms with Gasteiger partial charge in [0.1, 0.15) is 0 Å². The predicted octanol–water partition coefficient (Wildman–Crippen LogP) is 2.57. The fourth-order valence-electron chi connectivity index (χ4n) is 2.06. The molecule has 1 saturated heterocycles. The predicted molar refractivity (Wildman–Crippen MR) is 70.1 cm³/mol. The lowest BCUT2D eigenvalue weighted by atomic mass is 10.2. The first-order valence-electron chi connectivity index (χ1n) is 5.51. The van der Waals surface area contributed by atoms with Crippen LogP contribution in [-0.2, 0) is 4.74 Å². The van der Waals surface area contributed by atoms with Crippen LogP contribution in [0.5, 0.6) is 0 Å². The number of halogens is 1. The molecule has 3 rings (SSSR count). The highest BCUT2D eigenvalue weighted by molar-refractivity contribution is 7.17. The van der Waals surface area contributed by atoms with Gasteiger partial charge in [-0.25, -0.2) is 4.98 Å². The number of aromatic nitrogens is 2. The summed E-state index contributed by atoms with van der Waals surface area (Å²) in [6.45, 7) is 4.45. The Hall–Kier alpha value is -0.910. The van der Waals surface area contributed by atoms with Crippen molar-refractivity contribution >= 4 is 39.0 Å². The molecule has 0 spiro atoms. The Morgan fingerprint density at radius 2 is 2.41 bits per heavy atom. The molecule has 0 N–H and O–H groups in total. The molecule has 4 nitrogen and oxygen atoms in total. The average molecular weight is 270 g/mol. The molecule has 1 unspecified atom stereocenters. The van der Waals surface area contributed by atoms with Crippen molar-refractivity contribution in [2.75, 3.05) is 24.7 Å². The van der Waals surface area contributed by atoms with Gasteiger partial charge in [-0.1, -0.05) is 0 Å². The van der Waals surface area contributed by atoms with Crippen LogP contribution >= 0.6 is 22.9 Å². The molecule has 0 radical (unpaired) electrons. The lowest BCUT2D eigenvalue weighted by Gasteiger charge is -2.34. The summed E-state index contributed by atoms with van der Waals surface area (Å²) in [7, 11) is 0. The zero-order chi connectivity index (χ0) is 11.8. The van der Waals surface area contributed by atoms with E-state index in [2.05, 4.69) is 21.8 Å². The summed E-state index contributed by atoms with van der Waals surface area (Å²) >= 11 is 7.62. The first-order valence-corrected chi connectivity index (χ1v) is 6.76. The molecule has 0 bridgehead atoms. The summed E-state index contributed by atoms with van der Waals surface area (Å²) in [5.41, 5.74) is 0.920. The van der Waals surface area contributed by atoms with Gasteiger partial charge in [-0.2, -0.15) is 4.98 Å². The number of hydrogen-bond acceptors (Lipinski definition) is 5. The Bertz CT molecular complexity index is 544. The molecule has 3 heterocycles. The van der Waals surface area contributed by atoms with Crippen LogP contribution in [0.3, 0.4) is 0 Å². The van der Waals surface area contributed by atoms with E-state index in [-0.39, 0.29) is 0 Å². The zero-order valence-corrected chi connectivity index (χ0v) is 11.0. The topological polar surface area (TPSA) is 38.2 Å². The smallest absolute Gasteiger partial charge is 0.224 e. The number of rotatable bonds is 1. The van der Waals surface area contributed by atoms with Crippen LogP contribution in [0.1, 0.15) is 6.92 Å². The van der Waals surface area contributed by atoms with E-state index < -0.39 is 0 Å². The maximum absolute atomic E-state index is 5.97. The van der Waals surface area contributed by atoms with Gasteiger partial charge < -0.3 is 9.64 Å². The molecule has 2 aromatic heterocycles. The minimum atomic E-state index is 0.310. The van der Waals surface area contributed by atoms with Gasteiger partial charge in [0.2, 0.25) is 5.28 Å². The molecule has 0 saturated carbocycles. The maximum atomic E-state index is 5.97. The molecule has 6 heteroatoms. The van der Waals surface area contributed by atoms with E-state index in [1.54, 1.807) is 11.3 Å². The average Bonchev–Trinajstić information content (AvgIpc) is 2.76. The van der Waals surface area contributed by atoms with Crippen LogP contribution in [0.15, 0.2) is 11.4 Å². The molecule has 0 aromatic carbocycles. The molecule has 90 valence electrons. The fraction of sp³-hybridized carbons (Fsp3) is 0.455. The van der Waals surface area contributed by atoms with Crippen LogP contribution < -0.4 is 4.90 Å². The van der Waals surface area contributed by atoms with Crippen molar-refractivity contribution in [2.45, 2.75) is 13.0 Å². The third kappa shape index (κ3) is 1.99. The molecule has 1 fully saturated rings. The van der Waals surface area contributed by atoms with E-state index in [1.807, 2.05) is 11.4 Å². The lowest BCUT2D eigenvalue weighted by molar-refractivity contribution is 0.0987. The van der Waals surface area contributed by atoms with E-state index in [9.17, 15) is 0 Å².